The van der Waals surface area contributed by atoms with Crippen LogP contribution in [-0.4, -0.2) is 16.5 Å². The van der Waals surface area contributed by atoms with Crippen LogP contribution in [0.5, 0.6) is 0 Å². The third kappa shape index (κ3) is 2.80. The monoisotopic (exact) mass is 218 g/mol. The van der Waals surface area contributed by atoms with E-state index in [0.29, 0.717) is 0 Å². The molecule has 1 aliphatic rings. The minimum absolute atomic E-state index is 0.767. The van der Waals surface area contributed by atoms with Crippen molar-refractivity contribution in [2.45, 2.75) is 25.9 Å². The minimum Gasteiger partial charge on any atom is -0.381 e. The van der Waals surface area contributed by atoms with Gasteiger partial charge in [0.25, 0.3) is 0 Å². The van der Waals surface area contributed by atoms with Crippen molar-refractivity contribution in [2.24, 2.45) is 0 Å². The molecule has 0 heterocycles. The Morgan fingerprint density at radius 2 is 2.00 bits per heavy atom. The molecular formula is C13H18OSi. The van der Waals surface area contributed by atoms with Gasteiger partial charge in [-0.15, -0.1) is 0 Å². The first-order valence-electron chi connectivity index (χ1n) is 5.76. The molecule has 0 aromatic heterocycles. The summed E-state index contributed by atoms with van der Waals surface area (Å²) in [5, 5.41) is 0. The molecule has 15 heavy (non-hydrogen) atoms. The first-order chi connectivity index (χ1) is 7.40. The lowest BCUT2D eigenvalue weighted by Gasteiger charge is -2.05. The van der Waals surface area contributed by atoms with Crippen LogP contribution in [0.3, 0.4) is 0 Å². The van der Waals surface area contributed by atoms with E-state index < -0.39 is 0 Å². The molecule has 0 amide bonds. The van der Waals surface area contributed by atoms with Crippen LogP contribution < -0.4 is 0 Å². The van der Waals surface area contributed by atoms with E-state index in [-0.39, 0.29) is 0 Å². The molecule has 1 aromatic rings. The molecular weight excluding hydrogens is 200 g/mol. The van der Waals surface area contributed by atoms with Gasteiger partial charge < -0.3 is 4.74 Å². The van der Waals surface area contributed by atoms with Crippen molar-refractivity contribution in [2.75, 3.05) is 6.23 Å². The number of ether oxygens (including phenoxy) is 1. The summed E-state index contributed by atoms with van der Waals surface area (Å²) in [7, 11) is 1.12. The minimum atomic E-state index is 0.767. The topological polar surface area (TPSA) is 9.23 Å². The molecule has 0 bridgehead atoms. The van der Waals surface area contributed by atoms with Gasteiger partial charge in [0.15, 0.2) is 0 Å². The van der Waals surface area contributed by atoms with Crippen molar-refractivity contribution >= 4 is 15.8 Å². The number of hydrogen-bond acceptors (Lipinski definition) is 1. The molecule has 0 unspecified atom stereocenters. The van der Waals surface area contributed by atoms with Crippen LogP contribution in [0.25, 0.3) is 5.57 Å². The van der Waals surface area contributed by atoms with Crippen LogP contribution in [0.4, 0.5) is 0 Å². The van der Waals surface area contributed by atoms with E-state index in [9.17, 15) is 0 Å². The second-order valence-corrected chi connectivity index (χ2v) is 4.53. The highest BCUT2D eigenvalue weighted by Gasteiger charge is 2.06. The standard InChI is InChI=1S/C13H18OSi/c15-10-14-9-11-5-7-13(8-6-11)12-3-1-2-4-12/h3,5-8H,1-2,4,9-10H2,15H3. The van der Waals surface area contributed by atoms with E-state index in [0.717, 1.165) is 23.1 Å². The van der Waals surface area contributed by atoms with Crippen molar-refractivity contribution in [3.8, 4) is 0 Å². The van der Waals surface area contributed by atoms with Crippen LogP contribution in [0.2, 0.25) is 0 Å². The molecule has 80 valence electrons. The quantitative estimate of drug-likeness (QED) is 0.703. The molecule has 0 radical (unpaired) electrons. The van der Waals surface area contributed by atoms with Crippen LogP contribution in [0, 0.1) is 0 Å². The summed E-state index contributed by atoms with van der Waals surface area (Å²) in [4.78, 5) is 0. The number of benzene rings is 1. The Bertz CT molecular complexity index is 340. The summed E-state index contributed by atoms with van der Waals surface area (Å²) in [6.07, 6.45) is 7.10. The van der Waals surface area contributed by atoms with E-state index >= 15 is 0 Å². The SMILES string of the molecule is [SiH3]COCc1ccc(C2=CCCC2)cc1. The second-order valence-electron chi connectivity index (χ2n) is 3.96. The van der Waals surface area contributed by atoms with Gasteiger partial charge in [0, 0.05) is 16.5 Å². The first kappa shape index (κ1) is 10.6. The van der Waals surface area contributed by atoms with Gasteiger partial charge in [0.2, 0.25) is 0 Å². The van der Waals surface area contributed by atoms with Crippen molar-refractivity contribution in [3.05, 3.63) is 41.5 Å². The van der Waals surface area contributed by atoms with E-state index in [2.05, 4.69) is 30.3 Å². The van der Waals surface area contributed by atoms with Crippen molar-refractivity contribution < 1.29 is 4.74 Å². The predicted molar refractivity (Wildman–Crippen MR) is 67.9 cm³/mol. The molecule has 1 aliphatic carbocycles. The van der Waals surface area contributed by atoms with Gasteiger partial charge in [0.1, 0.15) is 0 Å². The molecule has 0 atom stereocenters. The molecule has 1 aromatic carbocycles. The fourth-order valence-electron chi connectivity index (χ4n) is 1.97. The highest BCUT2D eigenvalue weighted by molar-refractivity contribution is 6.08. The Kier molecular flexibility index (Phi) is 3.75. The normalized spacial score (nSPS) is 15.6. The fourth-order valence-corrected chi connectivity index (χ4v) is 2.17. The largest absolute Gasteiger partial charge is 0.381 e. The van der Waals surface area contributed by atoms with E-state index in [4.69, 9.17) is 4.74 Å². The highest BCUT2D eigenvalue weighted by atomic mass is 28.1. The van der Waals surface area contributed by atoms with Gasteiger partial charge in [0.05, 0.1) is 6.61 Å². The smallest absolute Gasteiger partial charge is 0.0712 e. The van der Waals surface area contributed by atoms with Gasteiger partial charge in [-0.05, 0) is 36.0 Å². The van der Waals surface area contributed by atoms with E-state index in [1.807, 2.05) is 0 Å². The number of allylic oxidation sites excluding steroid dienone is 2. The van der Waals surface area contributed by atoms with E-state index in [1.165, 1.54) is 36.0 Å². The molecule has 0 fully saturated rings. The van der Waals surface area contributed by atoms with Gasteiger partial charge in [-0.1, -0.05) is 30.3 Å². The lowest BCUT2D eigenvalue weighted by atomic mass is 10.0. The molecule has 0 aliphatic heterocycles. The zero-order valence-electron chi connectivity index (χ0n) is 9.33. The van der Waals surface area contributed by atoms with Crippen LogP contribution in [0.1, 0.15) is 30.4 Å². The van der Waals surface area contributed by atoms with Gasteiger partial charge in [-0.25, -0.2) is 0 Å². The predicted octanol–water partition coefficient (Wildman–Crippen LogP) is 2.09. The third-order valence-corrected chi connectivity index (χ3v) is 3.25. The summed E-state index contributed by atoms with van der Waals surface area (Å²) in [5.41, 5.74) is 4.20. The van der Waals surface area contributed by atoms with Crippen molar-refractivity contribution in [3.63, 3.8) is 0 Å². The molecule has 2 rings (SSSR count). The fraction of sp³-hybridized carbons (Fsp3) is 0.385. The Hall–Kier alpha value is -0.863. The number of rotatable bonds is 4. The summed E-state index contributed by atoms with van der Waals surface area (Å²) in [6, 6.07) is 8.82. The van der Waals surface area contributed by atoms with Gasteiger partial charge >= 0.3 is 0 Å². The lowest BCUT2D eigenvalue weighted by Crippen LogP contribution is -1.94. The average molecular weight is 218 g/mol. The molecule has 1 nitrogen and oxygen atoms in total. The zero-order valence-corrected chi connectivity index (χ0v) is 11.3. The Balaban J connectivity index is 2.03. The molecule has 2 heteroatoms. The molecule has 0 spiro atoms. The summed E-state index contributed by atoms with van der Waals surface area (Å²) in [6.45, 7) is 0.767. The van der Waals surface area contributed by atoms with Crippen LogP contribution in [-0.2, 0) is 11.3 Å². The van der Waals surface area contributed by atoms with Crippen LogP contribution in [0.15, 0.2) is 30.3 Å². The van der Waals surface area contributed by atoms with E-state index in [1.54, 1.807) is 0 Å². The maximum atomic E-state index is 5.43. The number of hydrogen-bond donors (Lipinski definition) is 0. The second kappa shape index (κ2) is 5.28. The Morgan fingerprint density at radius 1 is 1.20 bits per heavy atom. The first-order valence-corrected chi connectivity index (χ1v) is 7.17. The van der Waals surface area contributed by atoms with Gasteiger partial charge in [-0.3, -0.25) is 0 Å². The zero-order chi connectivity index (χ0) is 10.5. The molecule has 0 saturated carbocycles. The average Bonchev–Trinajstić information content (AvgIpc) is 2.80. The summed E-state index contributed by atoms with van der Waals surface area (Å²) >= 11 is 0. The highest BCUT2D eigenvalue weighted by Crippen LogP contribution is 2.27. The maximum Gasteiger partial charge on any atom is 0.0712 e. The molecule has 0 N–H and O–H groups in total. The molecule has 0 saturated heterocycles. The summed E-state index contributed by atoms with van der Waals surface area (Å²) in [5.74, 6) is 0. The Labute approximate surface area is 94.6 Å². The van der Waals surface area contributed by atoms with Crippen molar-refractivity contribution in [1.82, 2.24) is 0 Å². The van der Waals surface area contributed by atoms with Crippen molar-refractivity contribution in [1.29, 1.82) is 0 Å². The lowest BCUT2D eigenvalue weighted by molar-refractivity contribution is 0.165. The van der Waals surface area contributed by atoms with Gasteiger partial charge in [-0.2, -0.15) is 0 Å². The Morgan fingerprint density at radius 3 is 2.60 bits per heavy atom. The summed E-state index contributed by atoms with van der Waals surface area (Å²) < 4.78 is 5.43. The van der Waals surface area contributed by atoms with Crippen LogP contribution >= 0.6 is 0 Å². The third-order valence-electron chi connectivity index (χ3n) is 2.84. The maximum absolute atomic E-state index is 5.43.